The number of aryl methyl sites for hydroxylation is 1. The predicted molar refractivity (Wildman–Crippen MR) is 156 cm³/mol. The highest BCUT2D eigenvalue weighted by atomic mass is 32.1. The van der Waals surface area contributed by atoms with Crippen molar-refractivity contribution in [2.75, 3.05) is 13.7 Å². The Kier molecular flexibility index (Phi) is 7.51. The van der Waals surface area contributed by atoms with Crippen LogP contribution in [0.5, 0.6) is 5.75 Å². The third-order valence-electron chi connectivity index (χ3n) is 7.08. The molecule has 210 valence electrons. The fourth-order valence-electron chi connectivity index (χ4n) is 5.12. The fraction of sp³-hybridized carbons (Fsp3) is 0.226. The number of ether oxygens (including phenoxy) is 2. The van der Waals surface area contributed by atoms with E-state index in [0.717, 1.165) is 28.2 Å². The zero-order valence-corrected chi connectivity index (χ0v) is 24.1. The van der Waals surface area contributed by atoms with Crippen LogP contribution in [0.4, 0.5) is 0 Å². The number of carboxylic acids is 1. The summed E-state index contributed by atoms with van der Waals surface area (Å²) in [6.45, 7) is 7.59. The molecule has 0 aliphatic carbocycles. The van der Waals surface area contributed by atoms with Crippen LogP contribution in [0.15, 0.2) is 75.7 Å². The molecule has 1 atom stereocenters. The molecule has 1 N–H and O–H groups in total. The number of benzene rings is 2. The lowest BCUT2D eigenvalue weighted by atomic mass is 9.96. The molecular weight excluding hydrogens is 542 g/mol. The molecule has 41 heavy (non-hydrogen) atoms. The molecule has 0 radical (unpaired) electrons. The van der Waals surface area contributed by atoms with Crippen molar-refractivity contribution in [3.8, 4) is 11.4 Å². The van der Waals surface area contributed by atoms with Gasteiger partial charge in [-0.1, -0.05) is 23.5 Å². The van der Waals surface area contributed by atoms with Crippen molar-refractivity contribution in [2.24, 2.45) is 4.99 Å². The molecule has 3 heterocycles. The number of methoxy groups -OCH3 is 1. The Labute approximate surface area is 239 Å². The summed E-state index contributed by atoms with van der Waals surface area (Å²) >= 11 is 1.26. The number of carbonyl (C=O) groups excluding carboxylic acids is 1. The number of carbonyl (C=O) groups is 2. The number of rotatable bonds is 7. The van der Waals surface area contributed by atoms with Gasteiger partial charge in [0, 0.05) is 17.1 Å². The number of aromatic nitrogens is 2. The molecular formula is C31H29N3O6S. The van der Waals surface area contributed by atoms with Gasteiger partial charge < -0.3 is 19.1 Å². The lowest BCUT2D eigenvalue weighted by Gasteiger charge is -2.24. The third-order valence-corrected chi connectivity index (χ3v) is 8.06. The molecule has 0 fully saturated rings. The quantitative estimate of drug-likeness (QED) is 0.337. The molecule has 0 saturated carbocycles. The normalized spacial score (nSPS) is 15.0. The summed E-state index contributed by atoms with van der Waals surface area (Å²) in [7, 11) is 1.58. The Balaban J connectivity index is 1.65. The lowest BCUT2D eigenvalue weighted by Crippen LogP contribution is -2.39. The van der Waals surface area contributed by atoms with E-state index in [-0.39, 0.29) is 17.7 Å². The Hall–Kier alpha value is -4.70. The van der Waals surface area contributed by atoms with E-state index in [9.17, 15) is 19.5 Å². The number of aromatic carboxylic acids is 1. The van der Waals surface area contributed by atoms with Crippen LogP contribution < -0.4 is 19.6 Å². The minimum atomic E-state index is -0.983. The zero-order chi connectivity index (χ0) is 29.4. The van der Waals surface area contributed by atoms with Gasteiger partial charge in [-0.15, -0.1) is 0 Å². The molecule has 0 saturated heterocycles. The van der Waals surface area contributed by atoms with Crippen molar-refractivity contribution in [1.82, 2.24) is 9.13 Å². The van der Waals surface area contributed by atoms with E-state index < -0.39 is 18.0 Å². The van der Waals surface area contributed by atoms with Crippen LogP contribution in [-0.2, 0) is 9.53 Å². The molecule has 0 amide bonds. The van der Waals surface area contributed by atoms with E-state index in [2.05, 4.69) is 4.99 Å². The van der Waals surface area contributed by atoms with Gasteiger partial charge in [0.1, 0.15) is 5.75 Å². The van der Waals surface area contributed by atoms with Crippen molar-refractivity contribution in [3.63, 3.8) is 0 Å². The summed E-state index contributed by atoms with van der Waals surface area (Å²) < 4.78 is 14.7. The number of esters is 1. The van der Waals surface area contributed by atoms with Crippen LogP contribution in [0.3, 0.4) is 0 Å². The van der Waals surface area contributed by atoms with E-state index in [1.807, 2.05) is 42.7 Å². The molecule has 1 aliphatic rings. The van der Waals surface area contributed by atoms with Crippen LogP contribution in [0.2, 0.25) is 0 Å². The summed E-state index contributed by atoms with van der Waals surface area (Å²) in [4.78, 5) is 43.5. The number of fused-ring (bicyclic) bond motifs is 1. The molecule has 1 aliphatic heterocycles. The van der Waals surface area contributed by atoms with Crippen molar-refractivity contribution >= 4 is 29.4 Å². The standard InChI is InChI=1S/C31H29N3O6S/c1-6-40-30(38)26-18(3)32-31-34(27(26)20-9-13-24(39-5)14-10-20)28(35)25(41-31)16-22-15-17(2)33(19(22)4)23-11-7-21(8-12-23)29(36)37/h7-16,27H,6H2,1-5H3,(H,36,37)/b25-16-. The summed E-state index contributed by atoms with van der Waals surface area (Å²) in [5, 5.41) is 9.24. The molecule has 9 nitrogen and oxygen atoms in total. The van der Waals surface area contributed by atoms with E-state index in [0.29, 0.717) is 26.4 Å². The van der Waals surface area contributed by atoms with Gasteiger partial charge in [-0.2, -0.15) is 0 Å². The second kappa shape index (κ2) is 11.1. The van der Waals surface area contributed by atoms with Crippen molar-refractivity contribution in [2.45, 2.75) is 33.7 Å². The number of nitrogens with zero attached hydrogens (tertiary/aromatic N) is 3. The van der Waals surface area contributed by atoms with Crippen LogP contribution in [-0.4, -0.2) is 39.9 Å². The molecule has 2 aromatic carbocycles. The first-order chi connectivity index (χ1) is 19.6. The molecule has 0 bridgehead atoms. The first-order valence-electron chi connectivity index (χ1n) is 13.0. The largest absolute Gasteiger partial charge is 0.497 e. The molecule has 5 rings (SSSR count). The summed E-state index contributed by atoms with van der Waals surface area (Å²) in [6.07, 6.45) is 1.84. The lowest BCUT2D eigenvalue weighted by molar-refractivity contribution is -0.139. The highest BCUT2D eigenvalue weighted by Crippen LogP contribution is 2.31. The Morgan fingerprint density at radius 1 is 1.07 bits per heavy atom. The maximum Gasteiger partial charge on any atom is 0.338 e. The molecule has 4 aromatic rings. The van der Waals surface area contributed by atoms with Gasteiger partial charge in [0.2, 0.25) is 0 Å². The van der Waals surface area contributed by atoms with Crippen LogP contribution in [0.1, 0.15) is 52.8 Å². The number of hydrogen-bond donors (Lipinski definition) is 1. The third kappa shape index (κ3) is 5.02. The Morgan fingerprint density at radius 2 is 1.76 bits per heavy atom. The monoisotopic (exact) mass is 571 g/mol. The minimum absolute atomic E-state index is 0.198. The maximum absolute atomic E-state index is 14.0. The van der Waals surface area contributed by atoms with E-state index in [1.165, 1.54) is 11.3 Å². The number of carboxylic acid groups (broad SMARTS) is 1. The average Bonchev–Trinajstić information content (AvgIpc) is 3.41. The van der Waals surface area contributed by atoms with Crippen molar-refractivity contribution in [1.29, 1.82) is 0 Å². The Morgan fingerprint density at radius 3 is 2.37 bits per heavy atom. The highest BCUT2D eigenvalue weighted by Gasteiger charge is 2.33. The van der Waals surface area contributed by atoms with Crippen LogP contribution in [0, 0.1) is 13.8 Å². The van der Waals surface area contributed by atoms with Crippen LogP contribution in [0.25, 0.3) is 11.8 Å². The summed E-state index contributed by atoms with van der Waals surface area (Å²) in [6, 6.07) is 15.2. The first-order valence-corrected chi connectivity index (χ1v) is 13.8. The second-order valence-electron chi connectivity index (χ2n) is 9.59. The number of hydrogen-bond acceptors (Lipinski definition) is 7. The van der Waals surface area contributed by atoms with Crippen LogP contribution >= 0.6 is 11.3 Å². The molecule has 0 spiro atoms. The topological polar surface area (TPSA) is 112 Å². The zero-order valence-electron chi connectivity index (χ0n) is 23.3. The van der Waals surface area contributed by atoms with Gasteiger partial charge in [0.25, 0.3) is 5.56 Å². The smallest absolute Gasteiger partial charge is 0.338 e. The Bertz CT molecular complexity index is 1880. The second-order valence-corrected chi connectivity index (χ2v) is 10.6. The summed E-state index contributed by atoms with van der Waals surface area (Å²) in [5.41, 5.74) is 4.99. The van der Waals surface area contributed by atoms with Gasteiger partial charge in [-0.05, 0) is 87.4 Å². The first kappa shape index (κ1) is 27.9. The SMILES string of the molecule is CCOC(=O)C1=C(C)N=c2s/c(=C\c3cc(C)n(-c4ccc(C(=O)O)cc4)c3C)c(=O)n2C1c1ccc(OC)cc1. The maximum atomic E-state index is 14.0. The average molecular weight is 572 g/mol. The van der Waals surface area contributed by atoms with E-state index in [1.54, 1.807) is 61.9 Å². The molecule has 1 unspecified atom stereocenters. The number of thiazole rings is 1. The van der Waals surface area contributed by atoms with Crippen molar-refractivity contribution in [3.05, 3.63) is 114 Å². The van der Waals surface area contributed by atoms with Gasteiger partial charge in [0.15, 0.2) is 4.80 Å². The molecule has 10 heteroatoms. The van der Waals surface area contributed by atoms with Gasteiger partial charge in [0.05, 0.1) is 41.1 Å². The van der Waals surface area contributed by atoms with E-state index >= 15 is 0 Å². The van der Waals surface area contributed by atoms with E-state index in [4.69, 9.17) is 9.47 Å². The summed E-state index contributed by atoms with van der Waals surface area (Å²) in [5.74, 6) is -0.836. The van der Waals surface area contributed by atoms with Crippen molar-refractivity contribution < 1.29 is 24.2 Å². The minimum Gasteiger partial charge on any atom is -0.497 e. The predicted octanol–water partition coefficient (Wildman–Crippen LogP) is 3.91. The van der Waals surface area contributed by atoms with Gasteiger partial charge in [-0.3, -0.25) is 9.36 Å². The number of allylic oxidation sites excluding steroid dienone is 1. The van der Waals surface area contributed by atoms with Gasteiger partial charge in [-0.25, -0.2) is 14.6 Å². The highest BCUT2D eigenvalue weighted by molar-refractivity contribution is 7.07. The molecule has 2 aromatic heterocycles. The van der Waals surface area contributed by atoms with Gasteiger partial charge >= 0.3 is 11.9 Å². The fourth-order valence-corrected chi connectivity index (χ4v) is 6.16.